The molecule has 0 atom stereocenters. The quantitative estimate of drug-likeness (QED) is 0.676. The molecule has 2 heterocycles. The normalized spacial score (nSPS) is 13.7. The van der Waals surface area contributed by atoms with Crippen molar-refractivity contribution < 1.29 is 9.53 Å². The van der Waals surface area contributed by atoms with Crippen molar-refractivity contribution in [2.24, 2.45) is 0 Å². The molecule has 0 unspecified atom stereocenters. The third kappa shape index (κ3) is 5.12. The van der Waals surface area contributed by atoms with Gasteiger partial charge in [-0.3, -0.25) is 4.79 Å². The number of nitrogens with one attached hydrogen (secondary N) is 2. The highest BCUT2D eigenvalue weighted by atomic mass is 16.5. The van der Waals surface area contributed by atoms with Crippen molar-refractivity contribution in [3.63, 3.8) is 0 Å². The summed E-state index contributed by atoms with van der Waals surface area (Å²) in [6.07, 6.45) is 0. The van der Waals surface area contributed by atoms with Crippen LogP contribution in [-0.2, 0) is 11.3 Å². The molecule has 1 saturated heterocycles. The van der Waals surface area contributed by atoms with E-state index in [1.54, 1.807) is 6.07 Å². The van der Waals surface area contributed by atoms with E-state index in [-0.39, 0.29) is 5.91 Å². The van der Waals surface area contributed by atoms with Crippen LogP contribution in [0, 0.1) is 0 Å². The van der Waals surface area contributed by atoms with Crippen LogP contribution in [0.25, 0.3) is 0 Å². The molecule has 0 aliphatic carbocycles. The lowest BCUT2D eigenvalue weighted by Gasteiger charge is -2.28. The molecule has 0 bridgehead atoms. The summed E-state index contributed by atoms with van der Waals surface area (Å²) in [5, 5.41) is 6.17. The Balaban J connectivity index is 1.37. The van der Waals surface area contributed by atoms with E-state index in [9.17, 15) is 4.79 Å². The van der Waals surface area contributed by atoms with Crippen LogP contribution in [0.1, 0.15) is 16.1 Å². The van der Waals surface area contributed by atoms with Crippen LogP contribution in [0.2, 0.25) is 0 Å². The number of carbonyl (C=O) groups excluding carboxylic acids is 1. The second-order valence-electron chi connectivity index (χ2n) is 6.85. The molecular formula is C23H24N4O2. The van der Waals surface area contributed by atoms with Crippen LogP contribution in [0.3, 0.4) is 0 Å². The molecule has 3 aromatic rings. The number of anilines is 3. The lowest BCUT2D eigenvalue weighted by atomic mass is 10.2. The van der Waals surface area contributed by atoms with Gasteiger partial charge in [0, 0.05) is 31.0 Å². The summed E-state index contributed by atoms with van der Waals surface area (Å²) in [6.45, 7) is 3.83. The largest absolute Gasteiger partial charge is 0.378 e. The Morgan fingerprint density at radius 2 is 1.69 bits per heavy atom. The SMILES string of the molecule is O=C(NCc1ccccc1)c1cccc(Nc2ccc(N3CCOCC3)cc2)n1. The zero-order valence-electron chi connectivity index (χ0n) is 16.2. The first-order chi connectivity index (χ1) is 14.3. The number of nitrogens with zero attached hydrogens (tertiary/aromatic N) is 2. The Morgan fingerprint density at radius 3 is 2.45 bits per heavy atom. The van der Waals surface area contributed by atoms with Gasteiger partial charge in [-0.15, -0.1) is 0 Å². The molecule has 1 aromatic heterocycles. The average molecular weight is 388 g/mol. The monoisotopic (exact) mass is 388 g/mol. The van der Waals surface area contributed by atoms with Crippen molar-refractivity contribution in [1.29, 1.82) is 0 Å². The highest BCUT2D eigenvalue weighted by molar-refractivity contribution is 5.92. The predicted octanol–water partition coefficient (Wildman–Crippen LogP) is 3.59. The van der Waals surface area contributed by atoms with E-state index in [1.165, 1.54) is 5.69 Å². The van der Waals surface area contributed by atoms with Crippen LogP contribution in [0.4, 0.5) is 17.2 Å². The first kappa shape index (κ1) is 19.0. The maximum absolute atomic E-state index is 12.4. The van der Waals surface area contributed by atoms with Crippen LogP contribution in [0.5, 0.6) is 0 Å². The van der Waals surface area contributed by atoms with Crippen LogP contribution >= 0.6 is 0 Å². The molecule has 148 valence electrons. The Hall–Kier alpha value is -3.38. The summed E-state index contributed by atoms with van der Waals surface area (Å²) >= 11 is 0. The molecule has 6 nitrogen and oxygen atoms in total. The minimum Gasteiger partial charge on any atom is -0.378 e. The highest BCUT2D eigenvalue weighted by Crippen LogP contribution is 2.21. The second kappa shape index (κ2) is 9.21. The molecule has 0 radical (unpaired) electrons. The minimum absolute atomic E-state index is 0.194. The number of pyridine rings is 1. The van der Waals surface area contributed by atoms with Crippen molar-refractivity contribution in [1.82, 2.24) is 10.3 Å². The number of hydrogen-bond acceptors (Lipinski definition) is 5. The summed E-state index contributed by atoms with van der Waals surface area (Å²) in [7, 11) is 0. The van der Waals surface area contributed by atoms with Crippen molar-refractivity contribution in [2.45, 2.75) is 6.54 Å². The van der Waals surface area contributed by atoms with E-state index < -0.39 is 0 Å². The van der Waals surface area contributed by atoms with E-state index in [4.69, 9.17) is 4.74 Å². The summed E-state index contributed by atoms with van der Waals surface area (Å²) in [4.78, 5) is 19.2. The Morgan fingerprint density at radius 1 is 0.931 bits per heavy atom. The summed E-state index contributed by atoms with van der Waals surface area (Å²) in [5.74, 6) is 0.441. The molecule has 29 heavy (non-hydrogen) atoms. The molecule has 2 aromatic carbocycles. The average Bonchev–Trinajstić information content (AvgIpc) is 2.79. The first-order valence-corrected chi connectivity index (χ1v) is 9.77. The molecule has 1 amide bonds. The third-order valence-electron chi connectivity index (χ3n) is 4.79. The maximum atomic E-state index is 12.4. The molecule has 1 aliphatic rings. The molecule has 0 spiro atoms. The van der Waals surface area contributed by atoms with Gasteiger partial charge in [0.25, 0.3) is 5.91 Å². The van der Waals surface area contributed by atoms with Gasteiger partial charge in [-0.25, -0.2) is 4.98 Å². The van der Waals surface area contributed by atoms with Gasteiger partial charge in [0.15, 0.2) is 0 Å². The summed E-state index contributed by atoms with van der Waals surface area (Å²) in [6, 6.07) is 23.4. The van der Waals surface area contributed by atoms with Crippen LogP contribution in [-0.4, -0.2) is 37.2 Å². The Labute approximate surface area is 170 Å². The number of rotatable bonds is 6. The Bertz CT molecular complexity index is 939. The molecular weight excluding hydrogens is 364 g/mol. The first-order valence-electron chi connectivity index (χ1n) is 9.77. The van der Waals surface area contributed by atoms with Gasteiger partial charge in [-0.05, 0) is 42.0 Å². The van der Waals surface area contributed by atoms with Crippen molar-refractivity contribution in [2.75, 3.05) is 36.5 Å². The van der Waals surface area contributed by atoms with Gasteiger partial charge in [-0.1, -0.05) is 36.4 Å². The predicted molar refractivity (Wildman–Crippen MR) is 115 cm³/mol. The number of hydrogen-bond donors (Lipinski definition) is 2. The van der Waals surface area contributed by atoms with E-state index >= 15 is 0 Å². The molecule has 6 heteroatoms. The van der Waals surface area contributed by atoms with E-state index in [2.05, 4.69) is 32.7 Å². The Kier molecular flexibility index (Phi) is 6.02. The maximum Gasteiger partial charge on any atom is 0.270 e. The van der Waals surface area contributed by atoms with E-state index in [0.29, 0.717) is 18.1 Å². The fourth-order valence-electron chi connectivity index (χ4n) is 3.22. The molecule has 4 rings (SSSR count). The number of aromatic nitrogens is 1. The number of carbonyl (C=O) groups is 1. The number of morpholine rings is 1. The van der Waals surface area contributed by atoms with Crippen LogP contribution in [0.15, 0.2) is 72.8 Å². The van der Waals surface area contributed by atoms with Crippen molar-refractivity contribution in [3.8, 4) is 0 Å². The smallest absolute Gasteiger partial charge is 0.270 e. The molecule has 1 aliphatic heterocycles. The minimum atomic E-state index is -0.194. The van der Waals surface area contributed by atoms with Gasteiger partial charge in [0.05, 0.1) is 13.2 Å². The summed E-state index contributed by atoms with van der Waals surface area (Å²) < 4.78 is 5.40. The number of ether oxygens (including phenoxy) is 1. The lowest BCUT2D eigenvalue weighted by Crippen LogP contribution is -2.36. The molecule has 0 saturated carbocycles. The highest BCUT2D eigenvalue weighted by Gasteiger charge is 2.11. The zero-order chi connectivity index (χ0) is 19.9. The van der Waals surface area contributed by atoms with E-state index in [0.717, 1.165) is 37.6 Å². The van der Waals surface area contributed by atoms with Crippen molar-refractivity contribution >= 4 is 23.1 Å². The van der Waals surface area contributed by atoms with Gasteiger partial charge in [0.2, 0.25) is 0 Å². The molecule has 2 N–H and O–H groups in total. The zero-order valence-corrected chi connectivity index (χ0v) is 16.2. The standard InChI is InChI=1S/C23H24N4O2/c28-23(24-17-18-5-2-1-3-6-18)21-7-4-8-22(26-21)25-19-9-11-20(12-10-19)27-13-15-29-16-14-27/h1-12H,13-17H2,(H,24,28)(H,25,26). The fraction of sp³-hybridized carbons (Fsp3) is 0.217. The van der Waals surface area contributed by atoms with E-state index in [1.807, 2.05) is 54.6 Å². The summed E-state index contributed by atoms with van der Waals surface area (Å²) in [5.41, 5.74) is 3.54. The van der Waals surface area contributed by atoms with Gasteiger partial charge in [-0.2, -0.15) is 0 Å². The van der Waals surface area contributed by atoms with Crippen LogP contribution < -0.4 is 15.5 Å². The van der Waals surface area contributed by atoms with Gasteiger partial charge >= 0.3 is 0 Å². The third-order valence-corrected chi connectivity index (χ3v) is 4.79. The lowest BCUT2D eigenvalue weighted by molar-refractivity contribution is 0.0946. The van der Waals surface area contributed by atoms with Gasteiger partial charge in [0.1, 0.15) is 11.5 Å². The molecule has 1 fully saturated rings. The number of amides is 1. The van der Waals surface area contributed by atoms with Crippen molar-refractivity contribution in [3.05, 3.63) is 84.1 Å². The van der Waals surface area contributed by atoms with Gasteiger partial charge < -0.3 is 20.3 Å². The number of benzene rings is 2. The topological polar surface area (TPSA) is 66.5 Å². The fourth-order valence-corrected chi connectivity index (χ4v) is 3.22. The second-order valence-corrected chi connectivity index (χ2v) is 6.85.